The predicted octanol–water partition coefficient (Wildman–Crippen LogP) is 3.25. The van der Waals surface area contributed by atoms with Crippen molar-refractivity contribution in [2.75, 3.05) is 18.9 Å². The molecule has 23 heavy (non-hydrogen) atoms. The SMILES string of the molecule is CCNc1nnc(S[C@H](C)C(=O)N(C)Cc2cccc(F)c2)s1. The molecule has 5 nitrogen and oxygen atoms in total. The smallest absolute Gasteiger partial charge is 0.235 e. The first kappa shape index (κ1) is 17.7. The monoisotopic (exact) mass is 354 g/mol. The van der Waals surface area contributed by atoms with Gasteiger partial charge in [-0.3, -0.25) is 4.79 Å². The van der Waals surface area contributed by atoms with Crippen LogP contribution in [0.2, 0.25) is 0 Å². The van der Waals surface area contributed by atoms with Gasteiger partial charge in [0.2, 0.25) is 11.0 Å². The molecule has 8 heteroatoms. The molecule has 0 fully saturated rings. The van der Waals surface area contributed by atoms with E-state index in [4.69, 9.17) is 0 Å². The summed E-state index contributed by atoms with van der Waals surface area (Å²) in [4.78, 5) is 14.0. The minimum Gasteiger partial charge on any atom is -0.360 e. The van der Waals surface area contributed by atoms with Crippen LogP contribution < -0.4 is 5.32 Å². The van der Waals surface area contributed by atoms with E-state index in [1.807, 2.05) is 13.8 Å². The highest BCUT2D eigenvalue weighted by atomic mass is 32.2. The molecular formula is C15H19FN4OS2. The number of carbonyl (C=O) groups is 1. The van der Waals surface area contributed by atoms with Crippen molar-refractivity contribution in [3.8, 4) is 0 Å². The molecule has 0 aliphatic carbocycles. The summed E-state index contributed by atoms with van der Waals surface area (Å²) < 4.78 is 14.0. The molecule has 1 atom stereocenters. The molecule has 2 rings (SSSR count). The van der Waals surface area contributed by atoms with Crippen molar-refractivity contribution in [1.82, 2.24) is 15.1 Å². The van der Waals surface area contributed by atoms with Crippen molar-refractivity contribution >= 4 is 34.1 Å². The fraction of sp³-hybridized carbons (Fsp3) is 0.400. The Labute approximate surface area is 143 Å². The Hall–Kier alpha value is -1.67. The van der Waals surface area contributed by atoms with Gasteiger partial charge < -0.3 is 10.2 Å². The van der Waals surface area contributed by atoms with Crippen LogP contribution >= 0.6 is 23.1 Å². The van der Waals surface area contributed by atoms with Crippen molar-refractivity contribution < 1.29 is 9.18 Å². The van der Waals surface area contributed by atoms with Crippen LogP contribution in [0.5, 0.6) is 0 Å². The molecule has 0 aliphatic rings. The summed E-state index contributed by atoms with van der Waals surface area (Å²) in [6.07, 6.45) is 0. The Bertz CT molecular complexity index is 664. The Morgan fingerprint density at radius 1 is 1.48 bits per heavy atom. The van der Waals surface area contributed by atoms with Crippen LogP contribution in [0, 0.1) is 5.82 Å². The van der Waals surface area contributed by atoms with Crippen molar-refractivity contribution in [1.29, 1.82) is 0 Å². The number of hydrogen-bond donors (Lipinski definition) is 1. The topological polar surface area (TPSA) is 58.1 Å². The van der Waals surface area contributed by atoms with E-state index >= 15 is 0 Å². The number of halogens is 1. The van der Waals surface area contributed by atoms with E-state index in [2.05, 4.69) is 15.5 Å². The minimum absolute atomic E-state index is 0.0283. The molecule has 1 aromatic heterocycles. The summed E-state index contributed by atoms with van der Waals surface area (Å²) in [5.74, 6) is -0.324. The van der Waals surface area contributed by atoms with Crippen LogP contribution in [0.4, 0.5) is 9.52 Å². The van der Waals surface area contributed by atoms with Crippen molar-refractivity contribution in [2.24, 2.45) is 0 Å². The summed E-state index contributed by atoms with van der Waals surface area (Å²) in [5.41, 5.74) is 0.767. The van der Waals surface area contributed by atoms with Gasteiger partial charge in [-0.25, -0.2) is 4.39 Å². The standard InChI is InChI=1S/C15H19FN4OS2/c1-4-17-14-18-19-15(23-14)22-10(2)13(21)20(3)9-11-6-5-7-12(16)8-11/h5-8,10H,4,9H2,1-3H3,(H,17,18)/t10-/m1/s1. The van der Waals surface area contributed by atoms with E-state index in [-0.39, 0.29) is 17.0 Å². The fourth-order valence-corrected chi connectivity index (χ4v) is 4.06. The van der Waals surface area contributed by atoms with E-state index in [0.29, 0.717) is 6.54 Å². The maximum atomic E-state index is 13.2. The van der Waals surface area contributed by atoms with Crippen molar-refractivity contribution in [2.45, 2.75) is 30.0 Å². The van der Waals surface area contributed by atoms with Crippen LogP contribution in [-0.4, -0.2) is 39.8 Å². The lowest BCUT2D eigenvalue weighted by atomic mass is 10.2. The van der Waals surface area contributed by atoms with Crippen LogP contribution in [-0.2, 0) is 11.3 Å². The molecule has 1 N–H and O–H groups in total. The number of amides is 1. The van der Waals surface area contributed by atoms with Gasteiger partial charge in [0.15, 0.2) is 4.34 Å². The lowest BCUT2D eigenvalue weighted by Crippen LogP contribution is -2.32. The molecule has 0 saturated heterocycles. The van der Waals surface area contributed by atoms with Crippen LogP contribution in [0.1, 0.15) is 19.4 Å². The number of thioether (sulfide) groups is 1. The first-order chi connectivity index (χ1) is 11.0. The molecular weight excluding hydrogens is 335 g/mol. The number of anilines is 1. The average Bonchev–Trinajstić information content (AvgIpc) is 2.94. The second-order valence-corrected chi connectivity index (χ2v) is 7.55. The molecule has 1 amide bonds. The van der Waals surface area contributed by atoms with Gasteiger partial charge in [-0.15, -0.1) is 10.2 Å². The summed E-state index contributed by atoms with van der Waals surface area (Å²) in [7, 11) is 1.72. The molecule has 0 radical (unpaired) electrons. The van der Waals surface area contributed by atoms with E-state index in [9.17, 15) is 9.18 Å². The molecule has 2 aromatic rings. The van der Waals surface area contributed by atoms with Crippen molar-refractivity contribution in [3.63, 3.8) is 0 Å². The Morgan fingerprint density at radius 3 is 2.96 bits per heavy atom. The van der Waals surface area contributed by atoms with Gasteiger partial charge in [0.05, 0.1) is 5.25 Å². The zero-order valence-corrected chi connectivity index (χ0v) is 14.9. The van der Waals surface area contributed by atoms with Gasteiger partial charge in [-0.05, 0) is 31.5 Å². The number of nitrogens with one attached hydrogen (secondary N) is 1. The van der Waals surface area contributed by atoms with Crippen molar-refractivity contribution in [3.05, 3.63) is 35.6 Å². The second kappa shape index (κ2) is 8.26. The van der Waals surface area contributed by atoms with Crippen LogP contribution in [0.25, 0.3) is 0 Å². The van der Waals surface area contributed by atoms with Gasteiger partial charge in [0.25, 0.3) is 0 Å². The number of nitrogens with zero attached hydrogens (tertiary/aromatic N) is 3. The Kier molecular flexibility index (Phi) is 6.35. The van der Waals surface area contributed by atoms with E-state index in [1.165, 1.54) is 35.2 Å². The number of benzene rings is 1. The number of hydrogen-bond acceptors (Lipinski definition) is 6. The highest BCUT2D eigenvalue weighted by molar-refractivity contribution is 8.02. The van der Waals surface area contributed by atoms with Crippen LogP contribution in [0.3, 0.4) is 0 Å². The van der Waals surface area contributed by atoms with Gasteiger partial charge in [-0.1, -0.05) is 35.2 Å². The number of carbonyl (C=O) groups excluding carboxylic acids is 1. The summed E-state index contributed by atoms with van der Waals surface area (Å²) >= 11 is 2.81. The fourth-order valence-electron chi connectivity index (χ4n) is 1.98. The Balaban J connectivity index is 1.92. The summed E-state index contributed by atoms with van der Waals surface area (Å²) in [5, 5.41) is 11.6. The lowest BCUT2D eigenvalue weighted by molar-refractivity contribution is -0.129. The van der Waals surface area contributed by atoms with E-state index in [0.717, 1.165) is 21.6 Å². The lowest BCUT2D eigenvalue weighted by Gasteiger charge is -2.20. The molecule has 0 saturated carbocycles. The molecule has 1 aromatic carbocycles. The van der Waals surface area contributed by atoms with Gasteiger partial charge in [-0.2, -0.15) is 0 Å². The third-order valence-corrected chi connectivity index (χ3v) is 5.10. The van der Waals surface area contributed by atoms with E-state index in [1.54, 1.807) is 24.1 Å². The maximum absolute atomic E-state index is 13.2. The second-order valence-electron chi connectivity index (χ2n) is 4.99. The van der Waals surface area contributed by atoms with Gasteiger partial charge in [0, 0.05) is 20.1 Å². The molecule has 0 bridgehead atoms. The molecule has 124 valence electrons. The first-order valence-corrected chi connectivity index (χ1v) is 8.92. The minimum atomic E-state index is -0.296. The maximum Gasteiger partial charge on any atom is 0.235 e. The van der Waals surface area contributed by atoms with E-state index < -0.39 is 0 Å². The largest absolute Gasteiger partial charge is 0.360 e. The quantitative estimate of drug-likeness (QED) is 0.774. The molecule has 0 aliphatic heterocycles. The first-order valence-electron chi connectivity index (χ1n) is 7.23. The molecule has 0 spiro atoms. The average molecular weight is 354 g/mol. The van der Waals surface area contributed by atoms with Gasteiger partial charge >= 0.3 is 0 Å². The molecule has 1 heterocycles. The van der Waals surface area contributed by atoms with Gasteiger partial charge in [0.1, 0.15) is 5.82 Å². The normalized spacial score (nSPS) is 12.0. The third-order valence-electron chi connectivity index (χ3n) is 3.04. The highest BCUT2D eigenvalue weighted by Crippen LogP contribution is 2.29. The number of aromatic nitrogens is 2. The Morgan fingerprint density at radius 2 is 2.26 bits per heavy atom. The predicted molar refractivity (Wildman–Crippen MR) is 92.3 cm³/mol. The van der Waals surface area contributed by atoms with Crippen LogP contribution in [0.15, 0.2) is 28.6 Å². The third kappa shape index (κ3) is 5.18. The highest BCUT2D eigenvalue weighted by Gasteiger charge is 2.20. The zero-order valence-electron chi connectivity index (χ0n) is 13.2. The number of rotatable bonds is 7. The zero-order chi connectivity index (χ0) is 16.8. The summed E-state index contributed by atoms with van der Waals surface area (Å²) in [6, 6.07) is 6.28. The summed E-state index contributed by atoms with van der Waals surface area (Å²) in [6.45, 7) is 4.98. The molecule has 0 unspecified atom stereocenters.